The summed E-state index contributed by atoms with van der Waals surface area (Å²) in [6.45, 7) is 3.81. The van der Waals surface area contributed by atoms with Crippen molar-refractivity contribution in [3.05, 3.63) is 108 Å². The number of carbonyl (C=O) groups is 1. The van der Waals surface area contributed by atoms with Gasteiger partial charge in [-0.1, -0.05) is 84.5 Å². The van der Waals surface area contributed by atoms with Crippen LogP contribution in [0.1, 0.15) is 28.4 Å². The second-order valence-electron chi connectivity index (χ2n) is 6.47. The first-order valence-electron chi connectivity index (χ1n) is 9.54. The highest BCUT2D eigenvalue weighted by atomic mass is 16.6. The van der Waals surface area contributed by atoms with Crippen LogP contribution in [0.4, 0.5) is 0 Å². The molecule has 0 saturated heterocycles. The first-order valence-corrected chi connectivity index (χ1v) is 9.54. The fraction of sp³-hybridized carbons (Fsp3) is 0.120. The quantitative estimate of drug-likeness (QED) is 0.444. The number of amides is 1. The predicted octanol–water partition coefficient (Wildman–Crippen LogP) is 4.59. The lowest BCUT2D eigenvalue weighted by atomic mass is 9.93. The fourth-order valence-electron chi connectivity index (χ4n) is 3.12. The Kier molecular flexibility index (Phi) is 7.00. The van der Waals surface area contributed by atoms with Gasteiger partial charge in [0.25, 0.3) is 5.91 Å². The van der Waals surface area contributed by atoms with Gasteiger partial charge in [0.1, 0.15) is 19.0 Å². The third-order valence-electron chi connectivity index (χ3n) is 4.60. The number of nitrogens with one attached hydrogen (secondary N) is 1. The molecule has 1 atom stereocenters. The first kappa shape index (κ1) is 20.9. The number of carbonyl (C=O) groups excluding carboxylic acids is 1. The number of hydrogen-bond acceptors (Lipinski definition) is 4. The molecule has 0 aliphatic carbocycles. The Morgan fingerprint density at radius 3 is 2.30 bits per heavy atom. The Morgan fingerprint density at radius 2 is 1.67 bits per heavy atom. The van der Waals surface area contributed by atoms with Gasteiger partial charge in [-0.15, -0.1) is 0 Å². The van der Waals surface area contributed by atoms with Crippen molar-refractivity contribution in [2.45, 2.75) is 6.10 Å². The summed E-state index contributed by atoms with van der Waals surface area (Å²) in [4.78, 5) is 17.4. The number of benzene rings is 3. The van der Waals surface area contributed by atoms with Crippen LogP contribution >= 0.6 is 0 Å². The largest absolute Gasteiger partial charge is 0.481 e. The Balaban J connectivity index is 2.15. The van der Waals surface area contributed by atoms with Crippen LogP contribution in [-0.2, 0) is 9.63 Å². The lowest BCUT2D eigenvalue weighted by Crippen LogP contribution is -2.30. The lowest BCUT2D eigenvalue weighted by Gasteiger charge is -2.23. The van der Waals surface area contributed by atoms with E-state index in [0.717, 1.165) is 22.4 Å². The highest BCUT2D eigenvalue weighted by Crippen LogP contribution is 2.31. The molecule has 0 heterocycles. The normalized spacial score (nSPS) is 12.0. The predicted molar refractivity (Wildman–Crippen MR) is 120 cm³/mol. The number of hydrogen-bond donors (Lipinski definition) is 1. The monoisotopic (exact) mass is 400 g/mol. The molecule has 0 aliphatic heterocycles. The minimum atomic E-state index is -0.464. The van der Waals surface area contributed by atoms with E-state index in [4.69, 9.17) is 9.57 Å². The molecule has 1 unspecified atom stereocenters. The number of likely N-dealkylation sites (N-methyl/N-ethyl adjacent to an activating group) is 1. The fourth-order valence-corrected chi connectivity index (χ4v) is 3.12. The van der Waals surface area contributed by atoms with Gasteiger partial charge in [0.15, 0.2) is 5.71 Å². The molecular weight excluding hydrogens is 376 g/mol. The molecule has 0 spiro atoms. The Hall–Kier alpha value is -3.86. The van der Waals surface area contributed by atoms with Gasteiger partial charge in [-0.05, 0) is 23.3 Å². The molecule has 0 aliphatic rings. The summed E-state index contributed by atoms with van der Waals surface area (Å²) in [6, 6.07) is 25.0. The Morgan fingerprint density at radius 1 is 1.00 bits per heavy atom. The maximum atomic E-state index is 12.5. The zero-order valence-corrected chi connectivity index (χ0v) is 17.0. The molecule has 0 bridgehead atoms. The van der Waals surface area contributed by atoms with Crippen molar-refractivity contribution in [1.82, 2.24) is 5.32 Å². The van der Waals surface area contributed by atoms with E-state index in [1.807, 2.05) is 78.9 Å². The van der Waals surface area contributed by atoms with Crippen molar-refractivity contribution in [1.29, 1.82) is 0 Å². The molecule has 3 aromatic rings. The van der Waals surface area contributed by atoms with Crippen molar-refractivity contribution in [3.8, 4) is 5.75 Å². The third-order valence-corrected chi connectivity index (χ3v) is 4.60. The summed E-state index contributed by atoms with van der Waals surface area (Å²) in [7, 11) is 2.97. The van der Waals surface area contributed by atoms with E-state index in [2.05, 4.69) is 17.1 Å². The second kappa shape index (κ2) is 10.1. The van der Waals surface area contributed by atoms with Gasteiger partial charge in [-0.2, -0.15) is 0 Å². The summed E-state index contributed by atoms with van der Waals surface area (Å²) < 4.78 is 6.39. The molecule has 0 aromatic heterocycles. The van der Waals surface area contributed by atoms with Crippen molar-refractivity contribution in [2.24, 2.45) is 5.16 Å². The van der Waals surface area contributed by atoms with Gasteiger partial charge in [0.05, 0.1) is 0 Å². The van der Waals surface area contributed by atoms with Crippen LogP contribution in [0.15, 0.2) is 90.6 Å². The van der Waals surface area contributed by atoms with Gasteiger partial charge >= 0.3 is 0 Å². The summed E-state index contributed by atoms with van der Waals surface area (Å²) in [6.07, 6.45) is 1.33. The van der Waals surface area contributed by atoms with Crippen molar-refractivity contribution in [3.63, 3.8) is 0 Å². The van der Waals surface area contributed by atoms with Gasteiger partial charge in [0, 0.05) is 18.2 Å². The topological polar surface area (TPSA) is 59.9 Å². The van der Waals surface area contributed by atoms with E-state index in [1.165, 1.54) is 7.11 Å². The van der Waals surface area contributed by atoms with Crippen LogP contribution < -0.4 is 10.1 Å². The number of oxime groups is 1. The molecule has 0 fully saturated rings. The molecule has 0 radical (unpaired) electrons. The molecule has 5 heteroatoms. The van der Waals surface area contributed by atoms with Gasteiger partial charge in [-0.3, -0.25) is 4.79 Å². The average Bonchev–Trinajstić information content (AvgIpc) is 2.81. The van der Waals surface area contributed by atoms with Gasteiger partial charge < -0.3 is 14.9 Å². The van der Waals surface area contributed by atoms with E-state index in [0.29, 0.717) is 5.56 Å². The van der Waals surface area contributed by atoms with Crippen LogP contribution in [0.3, 0.4) is 0 Å². The number of ether oxygens (including phenoxy) is 1. The summed E-state index contributed by atoms with van der Waals surface area (Å²) >= 11 is 0. The summed E-state index contributed by atoms with van der Waals surface area (Å²) in [5.74, 6) is 0.375. The highest BCUT2D eigenvalue weighted by Gasteiger charge is 2.25. The van der Waals surface area contributed by atoms with Crippen molar-refractivity contribution < 1.29 is 14.4 Å². The maximum absolute atomic E-state index is 12.5. The minimum absolute atomic E-state index is 0.181. The van der Waals surface area contributed by atoms with Gasteiger partial charge in [-0.25, -0.2) is 0 Å². The van der Waals surface area contributed by atoms with Crippen LogP contribution in [-0.4, -0.2) is 25.8 Å². The number of para-hydroxylation sites is 1. The van der Waals surface area contributed by atoms with Crippen molar-refractivity contribution in [2.75, 3.05) is 14.2 Å². The molecule has 0 saturated carbocycles. The van der Waals surface area contributed by atoms with Crippen LogP contribution in [0.2, 0.25) is 0 Å². The van der Waals surface area contributed by atoms with Gasteiger partial charge in [0.2, 0.25) is 0 Å². The van der Waals surface area contributed by atoms with E-state index >= 15 is 0 Å². The van der Waals surface area contributed by atoms with E-state index < -0.39 is 6.10 Å². The molecule has 1 N–H and O–H groups in total. The Bertz CT molecular complexity index is 1030. The lowest BCUT2D eigenvalue weighted by molar-refractivity contribution is -0.114. The molecule has 5 nitrogen and oxygen atoms in total. The second-order valence-corrected chi connectivity index (χ2v) is 6.47. The molecule has 3 rings (SSSR count). The van der Waals surface area contributed by atoms with E-state index in [1.54, 1.807) is 13.1 Å². The molecular formula is C25H24N2O3. The third kappa shape index (κ3) is 4.75. The first-order chi connectivity index (χ1) is 14.7. The van der Waals surface area contributed by atoms with Crippen LogP contribution in [0.5, 0.6) is 5.75 Å². The molecule has 30 heavy (non-hydrogen) atoms. The number of rotatable bonds is 8. The maximum Gasteiger partial charge on any atom is 0.273 e. The van der Waals surface area contributed by atoms with E-state index in [-0.39, 0.29) is 11.6 Å². The standard InChI is InChI=1S/C25H24N2O3/c1-4-18-14-16-19(17-15-18)24(30-20-10-6-5-7-11-20)22-13-9-8-12-21(22)23(27-29-3)25(28)26-2/h4-17,24H,1H2,2-3H3,(H,26,28). The molecule has 152 valence electrons. The zero-order valence-electron chi connectivity index (χ0n) is 17.0. The zero-order chi connectivity index (χ0) is 21.3. The summed E-state index contributed by atoms with van der Waals surface area (Å²) in [5.41, 5.74) is 3.56. The highest BCUT2D eigenvalue weighted by molar-refractivity contribution is 6.45. The van der Waals surface area contributed by atoms with Crippen LogP contribution in [0, 0.1) is 0 Å². The SMILES string of the molecule is C=Cc1ccc(C(Oc2ccccc2)c2ccccc2C(=NOC)C(=O)NC)cc1. The van der Waals surface area contributed by atoms with Crippen LogP contribution in [0.25, 0.3) is 6.08 Å². The molecule has 1 amide bonds. The van der Waals surface area contributed by atoms with Crippen molar-refractivity contribution >= 4 is 17.7 Å². The molecule has 3 aromatic carbocycles. The minimum Gasteiger partial charge on any atom is -0.481 e. The number of nitrogens with zero attached hydrogens (tertiary/aromatic N) is 1. The summed E-state index contributed by atoms with van der Waals surface area (Å²) in [5, 5.41) is 6.59. The van der Waals surface area contributed by atoms with E-state index in [9.17, 15) is 4.79 Å². The smallest absolute Gasteiger partial charge is 0.273 e. The average molecular weight is 400 g/mol. The Labute approximate surface area is 176 Å².